The van der Waals surface area contributed by atoms with Gasteiger partial charge in [-0.25, -0.2) is 9.40 Å². The van der Waals surface area contributed by atoms with E-state index in [0.29, 0.717) is 22.0 Å². The molecular formula is C19H17BrFN3O3S. The number of hydrogen-bond donors (Lipinski definition) is 1. The first-order valence-electron chi connectivity index (χ1n) is 8.33. The molecule has 146 valence electrons. The van der Waals surface area contributed by atoms with Crippen molar-refractivity contribution < 1.29 is 18.7 Å². The number of rotatable bonds is 4. The molecule has 1 aliphatic rings. The first-order valence-corrected chi connectivity index (χ1v) is 10.00. The van der Waals surface area contributed by atoms with Crippen LogP contribution in [0.4, 0.5) is 4.39 Å². The average molecular weight is 466 g/mol. The Morgan fingerprint density at radius 3 is 2.57 bits per heavy atom. The molecule has 0 aromatic heterocycles. The van der Waals surface area contributed by atoms with Crippen molar-refractivity contribution in [1.82, 2.24) is 10.3 Å². The number of halogens is 2. The van der Waals surface area contributed by atoms with Crippen LogP contribution < -0.4 is 10.1 Å². The molecule has 0 spiro atoms. The molecule has 2 aromatic rings. The van der Waals surface area contributed by atoms with Crippen molar-refractivity contribution in [3.05, 3.63) is 63.9 Å². The molecule has 9 heteroatoms. The summed E-state index contributed by atoms with van der Waals surface area (Å²) in [6.07, 6.45) is 0. The summed E-state index contributed by atoms with van der Waals surface area (Å²) in [5.74, 6) is -0.153. The number of hydrogen-bond acceptors (Lipinski definition) is 5. The van der Waals surface area contributed by atoms with Gasteiger partial charge in [-0.1, -0.05) is 30.0 Å². The van der Waals surface area contributed by atoms with Crippen molar-refractivity contribution >= 4 is 44.7 Å². The highest BCUT2D eigenvalue weighted by Gasteiger charge is 2.32. The van der Waals surface area contributed by atoms with Gasteiger partial charge >= 0.3 is 0 Å². The van der Waals surface area contributed by atoms with E-state index in [2.05, 4.69) is 26.3 Å². The van der Waals surface area contributed by atoms with E-state index in [0.717, 1.165) is 11.1 Å². The first-order chi connectivity index (χ1) is 13.3. The van der Waals surface area contributed by atoms with E-state index < -0.39 is 0 Å². The normalized spacial score (nSPS) is 15.9. The van der Waals surface area contributed by atoms with Crippen molar-refractivity contribution in [2.75, 3.05) is 0 Å². The van der Waals surface area contributed by atoms with Gasteiger partial charge in [0.2, 0.25) is 11.8 Å². The van der Waals surface area contributed by atoms with Crippen LogP contribution in [0.5, 0.6) is 5.75 Å². The third-order valence-corrected chi connectivity index (χ3v) is 5.52. The number of ether oxygens (including phenoxy) is 1. The minimum atomic E-state index is -0.387. The topological polar surface area (TPSA) is 71.0 Å². The Morgan fingerprint density at radius 2 is 1.96 bits per heavy atom. The maximum atomic E-state index is 13.0. The molecule has 0 saturated carbocycles. The van der Waals surface area contributed by atoms with Crippen LogP contribution in [0.15, 0.2) is 52.0 Å². The van der Waals surface area contributed by atoms with E-state index in [-0.39, 0.29) is 23.0 Å². The molecule has 1 N–H and O–H groups in total. The van der Waals surface area contributed by atoms with Gasteiger partial charge in [0, 0.05) is 13.8 Å². The molecule has 1 atom stereocenters. The van der Waals surface area contributed by atoms with Crippen molar-refractivity contribution in [2.24, 2.45) is 5.10 Å². The lowest BCUT2D eigenvalue weighted by Crippen LogP contribution is -2.25. The molecule has 0 saturated heterocycles. The van der Waals surface area contributed by atoms with Gasteiger partial charge in [-0.3, -0.25) is 9.59 Å². The predicted octanol–water partition coefficient (Wildman–Crippen LogP) is 4.17. The maximum Gasteiger partial charge on any atom is 0.241 e. The second kappa shape index (κ2) is 8.74. The Bertz CT molecular complexity index is 937. The number of carbonyl (C=O) groups is 2. The van der Waals surface area contributed by atoms with Crippen LogP contribution in [0.1, 0.15) is 30.3 Å². The molecule has 0 fully saturated rings. The number of thioether (sulfide) groups is 1. The van der Waals surface area contributed by atoms with E-state index in [4.69, 9.17) is 4.74 Å². The zero-order valence-corrected chi connectivity index (χ0v) is 17.5. The number of amidine groups is 1. The molecular weight excluding hydrogens is 449 g/mol. The fourth-order valence-corrected chi connectivity index (χ4v) is 4.15. The summed E-state index contributed by atoms with van der Waals surface area (Å²) in [4.78, 5) is 23.2. The Kier molecular flexibility index (Phi) is 6.35. The lowest BCUT2D eigenvalue weighted by molar-refractivity contribution is -0.129. The first kappa shape index (κ1) is 20.3. The molecule has 2 amide bonds. The third kappa shape index (κ3) is 4.90. The van der Waals surface area contributed by atoms with Crippen LogP contribution in [0.3, 0.4) is 0 Å². The highest BCUT2D eigenvalue weighted by Crippen LogP contribution is 2.41. The van der Waals surface area contributed by atoms with E-state index >= 15 is 0 Å². The summed E-state index contributed by atoms with van der Waals surface area (Å²) in [6.45, 7) is 3.10. The van der Waals surface area contributed by atoms with Crippen LogP contribution in [-0.4, -0.2) is 22.0 Å². The van der Waals surface area contributed by atoms with E-state index in [1.165, 1.54) is 42.8 Å². The Morgan fingerprint density at radius 1 is 1.25 bits per heavy atom. The summed E-state index contributed by atoms with van der Waals surface area (Å²) in [6, 6.07) is 11.6. The number of benzene rings is 2. The van der Waals surface area contributed by atoms with Crippen molar-refractivity contribution in [3.8, 4) is 5.75 Å². The average Bonchev–Trinajstić information content (AvgIpc) is 3.05. The van der Waals surface area contributed by atoms with Crippen LogP contribution in [0, 0.1) is 5.82 Å². The standard InChI is InChI=1S/C19H17BrFN3O3S/c1-11(25)22-19-23-24(12(2)26)18(28-19)14-5-8-17(16(20)9-14)27-10-13-3-6-15(21)7-4-13/h3-9,18H,10H2,1-2H3,(H,22,23,25)/t18-/m1/s1. The molecule has 0 unspecified atom stereocenters. The summed E-state index contributed by atoms with van der Waals surface area (Å²) in [5, 5.41) is 8.11. The van der Waals surface area contributed by atoms with Gasteiger partial charge in [0.1, 0.15) is 23.5 Å². The molecule has 2 aromatic carbocycles. The second-order valence-corrected chi connectivity index (χ2v) is 7.95. The Balaban J connectivity index is 1.73. The maximum absolute atomic E-state index is 13.0. The SMILES string of the molecule is CC(=O)NC1=NN(C(C)=O)[C@@H](c2ccc(OCc3ccc(F)cc3)c(Br)c2)S1. The largest absolute Gasteiger partial charge is 0.488 e. The number of nitrogens with zero attached hydrogens (tertiary/aromatic N) is 2. The Labute approximate surface area is 174 Å². The van der Waals surface area contributed by atoms with Gasteiger partial charge in [-0.05, 0) is 51.3 Å². The van der Waals surface area contributed by atoms with E-state index in [1.54, 1.807) is 18.2 Å². The quantitative estimate of drug-likeness (QED) is 0.735. The number of amides is 2. The highest BCUT2D eigenvalue weighted by molar-refractivity contribution is 9.10. The van der Waals surface area contributed by atoms with Crippen LogP contribution in [-0.2, 0) is 16.2 Å². The highest BCUT2D eigenvalue weighted by atomic mass is 79.9. The van der Waals surface area contributed by atoms with E-state index in [1.807, 2.05) is 12.1 Å². The zero-order chi connectivity index (χ0) is 20.3. The molecule has 6 nitrogen and oxygen atoms in total. The fraction of sp³-hybridized carbons (Fsp3) is 0.211. The molecule has 28 heavy (non-hydrogen) atoms. The van der Waals surface area contributed by atoms with Gasteiger partial charge in [-0.15, -0.1) is 5.10 Å². The summed E-state index contributed by atoms with van der Waals surface area (Å²) < 4.78 is 19.5. The number of hydrazone groups is 1. The zero-order valence-electron chi connectivity index (χ0n) is 15.1. The molecule has 0 bridgehead atoms. The lowest BCUT2D eigenvalue weighted by atomic mass is 10.2. The van der Waals surface area contributed by atoms with Gasteiger partial charge in [0.25, 0.3) is 0 Å². The van der Waals surface area contributed by atoms with Crippen LogP contribution >= 0.6 is 27.7 Å². The summed E-state index contributed by atoms with van der Waals surface area (Å²) in [5.41, 5.74) is 1.67. The Hall–Kier alpha value is -2.39. The lowest BCUT2D eigenvalue weighted by Gasteiger charge is -2.20. The summed E-state index contributed by atoms with van der Waals surface area (Å²) >= 11 is 4.77. The van der Waals surface area contributed by atoms with Crippen molar-refractivity contribution in [2.45, 2.75) is 25.8 Å². The predicted molar refractivity (Wildman–Crippen MR) is 109 cm³/mol. The molecule has 0 radical (unpaired) electrons. The molecule has 0 aliphatic carbocycles. The van der Waals surface area contributed by atoms with Gasteiger partial charge in [0.15, 0.2) is 5.17 Å². The minimum absolute atomic E-state index is 0.231. The third-order valence-electron chi connectivity index (χ3n) is 3.80. The molecule has 1 heterocycles. The van der Waals surface area contributed by atoms with Crippen molar-refractivity contribution in [3.63, 3.8) is 0 Å². The van der Waals surface area contributed by atoms with Crippen molar-refractivity contribution in [1.29, 1.82) is 0 Å². The summed E-state index contributed by atoms with van der Waals surface area (Å²) in [7, 11) is 0. The molecule has 3 rings (SSSR count). The number of carbonyl (C=O) groups excluding carboxylic acids is 2. The smallest absolute Gasteiger partial charge is 0.241 e. The molecule has 1 aliphatic heterocycles. The minimum Gasteiger partial charge on any atom is -0.488 e. The monoisotopic (exact) mass is 465 g/mol. The van der Waals surface area contributed by atoms with Gasteiger partial charge in [-0.2, -0.15) is 0 Å². The van der Waals surface area contributed by atoms with E-state index in [9.17, 15) is 14.0 Å². The number of nitrogens with one attached hydrogen (secondary N) is 1. The van der Waals surface area contributed by atoms with Crippen LogP contribution in [0.25, 0.3) is 0 Å². The fourth-order valence-electron chi connectivity index (χ4n) is 2.51. The van der Waals surface area contributed by atoms with Gasteiger partial charge < -0.3 is 10.1 Å². The second-order valence-electron chi connectivity index (χ2n) is 6.03. The van der Waals surface area contributed by atoms with Gasteiger partial charge in [0.05, 0.1) is 4.47 Å². The van der Waals surface area contributed by atoms with Crippen LogP contribution in [0.2, 0.25) is 0 Å².